The second-order valence-corrected chi connectivity index (χ2v) is 4.13. The average molecular weight is 269 g/mol. The van der Waals surface area contributed by atoms with Gasteiger partial charge in [0.1, 0.15) is 23.1 Å². The number of nitrogens with two attached hydrogens (primary N) is 1. The van der Waals surface area contributed by atoms with Crippen molar-refractivity contribution in [2.24, 2.45) is 5.73 Å². The molecule has 1 aromatic rings. The van der Waals surface area contributed by atoms with E-state index in [9.17, 15) is 0 Å². The molecule has 100 valence electrons. The van der Waals surface area contributed by atoms with E-state index in [1.165, 1.54) is 0 Å². The van der Waals surface area contributed by atoms with Gasteiger partial charge in [-0.25, -0.2) is 0 Å². The number of benzene rings is 1. The summed E-state index contributed by atoms with van der Waals surface area (Å²) >= 11 is 4.98. The van der Waals surface area contributed by atoms with E-state index in [0.717, 1.165) is 13.0 Å². The molecule has 1 aromatic carbocycles. The molecule has 1 rings (SSSR count). The number of methoxy groups -OCH3 is 1. The van der Waals surface area contributed by atoms with Crippen LogP contribution in [0.4, 0.5) is 0 Å². The van der Waals surface area contributed by atoms with Crippen molar-refractivity contribution >= 4 is 17.2 Å². The van der Waals surface area contributed by atoms with Crippen LogP contribution in [0.3, 0.4) is 0 Å². The highest BCUT2D eigenvalue weighted by Crippen LogP contribution is 2.24. The molecule has 2 N–H and O–H groups in total. The van der Waals surface area contributed by atoms with Crippen LogP contribution >= 0.6 is 12.2 Å². The fourth-order valence-electron chi connectivity index (χ4n) is 1.41. The van der Waals surface area contributed by atoms with Gasteiger partial charge < -0.3 is 19.9 Å². The van der Waals surface area contributed by atoms with Crippen molar-refractivity contribution in [3.63, 3.8) is 0 Å². The second-order valence-electron chi connectivity index (χ2n) is 3.69. The number of thiocarbonyl (C=S) groups is 1. The van der Waals surface area contributed by atoms with Crippen LogP contribution < -0.4 is 15.2 Å². The lowest BCUT2D eigenvalue weighted by molar-refractivity contribution is 0.100. The summed E-state index contributed by atoms with van der Waals surface area (Å²) < 4.78 is 16.1. The number of ether oxygens (including phenoxy) is 3. The van der Waals surface area contributed by atoms with Gasteiger partial charge in [-0.2, -0.15) is 0 Å². The molecule has 0 atom stereocenters. The standard InChI is InChI=1S/C13H19NO3S/c1-3-6-16-7-8-17-12-9-10(15-2)4-5-11(12)13(14)18/h4-5,9H,3,6-8H2,1-2H3,(H2,14,18). The van der Waals surface area contributed by atoms with Gasteiger partial charge in [0.25, 0.3) is 0 Å². The third-order valence-corrected chi connectivity index (χ3v) is 2.51. The molecule has 0 radical (unpaired) electrons. The minimum atomic E-state index is 0.308. The maximum Gasteiger partial charge on any atom is 0.133 e. The zero-order valence-corrected chi connectivity index (χ0v) is 11.6. The molecule has 4 nitrogen and oxygen atoms in total. The summed E-state index contributed by atoms with van der Waals surface area (Å²) in [6.45, 7) is 3.81. The summed E-state index contributed by atoms with van der Waals surface area (Å²) in [5.74, 6) is 1.33. The largest absolute Gasteiger partial charge is 0.497 e. The average Bonchev–Trinajstić information content (AvgIpc) is 2.38. The Morgan fingerprint density at radius 3 is 2.67 bits per heavy atom. The fraction of sp³-hybridized carbons (Fsp3) is 0.462. The molecule has 0 amide bonds. The highest BCUT2D eigenvalue weighted by molar-refractivity contribution is 7.80. The van der Waals surface area contributed by atoms with Gasteiger partial charge in [0, 0.05) is 12.7 Å². The molecule has 0 aliphatic rings. The number of rotatable bonds is 8. The molecule has 0 saturated heterocycles. The monoisotopic (exact) mass is 269 g/mol. The van der Waals surface area contributed by atoms with Crippen LogP contribution in [0.15, 0.2) is 18.2 Å². The first-order chi connectivity index (χ1) is 8.69. The molecule has 0 spiro atoms. The first-order valence-corrected chi connectivity index (χ1v) is 6.28. The molecule has 0 aromatic heterocycles. The van der Waals surface area contributed by atoms with E-state index < -0.39 is 0 Å². The van der Waals surface area contributed by atoms with Crippen LogP contribution in [0.5, 0.6) is 11.5 Å². The Labute approximate surface area is 113 Å². The normalized spacial score (nSPS) is 10.1. The molecule has 0 aliphatic heterocycles. The first kappa shape index (κ1) is 14.7. The Kier molecular flexibility index (Phi) is 6.46. The minimum Gasteiger partial charge on any atom is -0.497 e. The van der Waals surface area contributed by atoms with Crippen molar-refractivity contribution < 1.29 is 14.2 Å². The summed E-state index contributed by atoms with van der Waals surface area (Å²) in [4.78, 5) is 0.308. The molecule has 0 aliphatic carbocycles. The van der Waals surface area contributed by atoms with Gasteiger partial charge in [-0.1, -0.05) is 19.1 Å². The van der Waals surface area contributed by atoms with Gasteiger partial charge >= 0.3 is 0 Å². The van der Waals surface area contributed by atoms with Gasteiger partial charge in [0.05, 0.1) is 19.3 Å². The smallest absolute Gasteiger partial charge is 0.133 e. The van der Waals surface area contributed by atoms with E-state index in [1.807, 2.05) is 0 Å². The zero-order chi connectivity index (χ0) is 13.4. The molecular formula is C13H19NO3S. The van der Waals surface area contributed by atoms with Gasteiger partial charge in [0.2, 0.25) is 0 Å². The van der Waals surface area contributed by atoms with Crippen LogP contribution in [-0.4, -0.2) is 31.9 Å². The van der Waals surface area contributed by atoms with Crippen LogP contribution in [0.25, 0.3) is 0 Å². The molecule has 18 heavy (non-hydrogen) atoms. The summed E-state index contributed by atoms with van der Waals surface area (Å²) in [5, 5.41) is 0. The first-order valence-electron chi connectivity index (χ1n) is 5.87. The van der Waals surface area contributed by atoms with E-state index in [-0.39, 0.29) is 0 Å². The topological polar surface area (TPSA) is 53.7 Å². The van der Waals surface area contributed by atoms with E-state index in [0.29, 0.717) is 35.3 Å². The summed E-state index contributed by atoms with van der Waals surface area (Å²) in [7, 11) is 1.60. The Morgan fingerprint density at radius 1 is 1.28 bits per heavy atom. The molecule has 0 fully saturated rings. The molecule has 5 heteroatoms. The molecule has 0 heterocycles. The van der Waals surface area contributed by atoms with Gasteiger partial charge in [-0.05, 0) is 18.6 Å². The maximum atomic E-state index is 5.64. The van der Waals surface area contributed by atoms with Crippen molar-refractivity contribution in [1.82, 2.24) is 0 Å². The van der Waals surface area contributed by atoms with Crippen molar-refractivity contribution in [1.29, 1.82) is 0 Å². The van der Waals surface area contributed by atoms with Crippen molar-refractivity contribution in [2.75, 3.05) is 26.9 Å². The Hall–Kier alpha value is -1.33. The van der Waals surface area contributed by atoms with Crippen molar-refractivity contribution in [2.45, 2.75) is 13.3 Å². The minimum absolute atomic E-state index is 0.308. The maximum absolute atomic E-state index is 5.64. The predicted octanol–water partition coefficient (Wildman–Crippen LogP) is 2.13. The Balaban J connectivity index is 2.63. The summed E-state index contributed by atoms with van der Waals surface area (Å²) in [5.41, 5.74) is 6.35. The van der Waals surface area contributed by atoms with Gasteiger partial charge in [0.15, 0.2) is 0 Å². The lowest BCUT2D eigenvalue weighted by Gasteiger charge is -2.12. The van der Waals surface area contributed by atoms with Crippen LogP contribution in [-0.2, 0) is 4.74 Å². The van der Waals surface area contributed by atoms with E-state index in [1.54, 1.807) is 25.3 Å². The molecular weight excluding hydrogens is 250 g/mol. The lowest BCUT2D eigenvalue weighted by Crippen LogP contribution is -2.14. The fourth-order valence-corrected chi connectivity index (χ4v) is 1.58. The Morgan fingerprint density at radius 2 is 2.06 bits per heavy atom. The van der Waals surface area contributed by atoms with Gasteiger partial charge in [-0.3, -0.25) is 0 Å². The Bertz CT molecular complexity index is 396. The lowest BCUT2D eigenvalue weighted by atomic mass is 10.2. The summed E-state index contributed by atoms with van der Waals surface area (Å²) in [6, 6.07) is 5.37. The predicted molar refractivity (Wildman–Crippen MR) is 75.5 cm³/mol. The SMILES string of the molecule is CCCOCCOc1cc(OC)ccc1C(N)=S. The van der Waals surface area contributed by atoms with Crippen LogP contribution in [0, 0.1) is 0 Å². The second kappa shape index (κ2) is 7.89. The highest BCUT2D eigenvalue weighted by atomic mass is 32.1. The number of hydrogen-bond acceptors (Lipinski definition) is 4. The highest BCUT2D eigenvalue weighted by Gasteiger charge is 2.08. The van der Waals surface area contributed by atoms with Gasteiger partial charge in [-0.15, -0.1) is 0 Å². The van der Waals surface area contributed by atoms with Crippen molar-refractivity contribution in [3.05, 3.63) is 23.8 Å². The van der Waals surface area contributed by atoms with Crippen molar-refractivity contribution in [3.8, 4) is 11.5 Å². The van der Waals surface area contributed by atoms with E-state index >= 15 is 0 Å². The molecule has 0 unspecified atom stereocenters. The zero-order valence-electron chi connectivity index (χ0n) is 10.8. The quantitative estimate of drug-likeness (QED) is 0.579. The van der Waals surface area contributed by atoms with E-state index in [2.05, 4.69) is 6.92 Å². The third-order valence-electron chi connectivity index (χ3n) is 2.29. The van der Waals surface area contributed by atoms with Crippen LogP contribution in [0.1, 0.15) is 18.9 Å². The molecule has 0 bridgehead atoms. The number of hydrogen-bond donors (Lipinski definition) is 1. The van der Waals surface area contributed by atoms with E-state index in [4.69, 9.17) is 32.2 Å². The van der Waals surface area contributed by atoms with Crippen LogP contribution in [0.2, 0.25) is 0 Å². The molecule has 0 saturated carbocycles. The summed E-state index contributed by atoms with van der Waals surface area (Å²) in [6.07, 6.45) is 0.997. The third kappa shape index (κ3) is 4.50.